The van der Waals surface area contributed by atoms with E-state index in [0.717, 1.165) is 10.2 Å². The van der Waals surface area contributed by atoms with E-state index in [0.29, 0.717) is 27.6 Å². The third-order valence-corrected chi connectivity index (χ3v) is 5.00. The molecule has 0 fully saturated rings. The Hall–Kier alpha value is -3.24. The van der Waals surface area contributed by atoms with E-state index in [1.165, 1.54) is 18.4 Å². The van der Waals surface area contributed by atoms with Gasteiger partial charge in [0.2, 0.25) is 6.79 Å². The molecule has 6 nitrogen and oxygen atoms in total. The average molecular weight is 366 g/mol. The number of amides is 1. The Morgan fingerprint density at radius 1 is 1.35 bits per heavy atom. The van der Waals surface area contributed by atoms with Crippen molar-refractivity contribution in [3.63, 3.8) is 0 Å². The molecule has 2 aromatic carbocycles. The molecule has 1 aliphatic heterocycles. The number of benzene rings is 2. The highest BCUT2D eigenvalue weighted by atomic mass is 32.1. The molecule has 3 aromatic rings. The standard InChI is InChI=1S/C19H14N2O4S/c1-3-8-21-13-9-15-16(25-11-24-15)10-17(13)26-19(21)20-18(22)12-6-4-5-7-14(12)23-2/h1,4-7,9-10H,8,11H2,2H3. The second-order valence-corrected chi connectivity index (χ2v) is 6.47. The van der Waals surface area contributed by atoms with Gasteiger partial charge in [-0.1, -0.05) is 29.4 Å². The Balaban J connectivity index is 1.88. The van der Waals surface area contributed by atoms with Gasteiger partial charge in [-0.05, 0) is 12.1 Å². The number of carbonyl (C=O) groups is 1. The maximum Gasteiger partial charge on any atom is 0.283 e. The fourth-order valence-electron chi connectivity index (χ4n) is 2.76. The maximum absolute atomic E-state index is 12.7. The van der Waals surface area contributed by atoms with Gasteiger partial charge in [-0.25, -0.2) is 0 Å². The summed E-state index contributed by atoms with van der Waals surface area (Å²) >= 11 is 1.37. The lowest BCUT2D eigenvalue weighted by Gasteiger charge is -2.04. The predicted molar refractivity (Wildman–Crippen MR) is 97.7 cm³/mol. The quantitative estimate of drug-likeness (QED) is 0.669. The Labute approximate surface area is 153 Å². The Morgan fingerprint density at radius 2 is 2.12 bits per heavy atom. The monoisotopic (exact) mass is 366 g/mol. The van der Waals surface area contributed by atoms with Crippen LogP contribution < -0.4 is 19.0 Å². The number of fused-ring (bicyclic) bond motifs is 2. The van der Waals surface area contributed by atoms with E-state index in [4.69, 9.17) is 20.6 Å². The summed E-state index contributed by atoms with van der Waals surface area (Å²) in [4.78, 5) is 17.5. The highest BCUT2D eigenvalue weighted by molar-refractivity contribution is 7.16. The maximum atomic E-state index is 12.7. The first-order valence-electron chi connectivity index (χ1n) is 7.80. The van der Waals surface area contributed by atoms with Crippen molar-refractivity contribution in [2.75, 3.05) is 13.9 Å². The van der Waals surface area contributed by atoms with Gasteiger partial charge in [0, 0.05) is 12.1 Å². The number of thiazole rings is 1. The SMILES string of the molecule is C#CCn1c(=NC(=O)c2ccccc2OC)sc2cc3c(cc21)OCO3. The molecule has 1 amide bonds. The fourth-order valence-corrected chi connectivity index (χ4v) is 3.80. The molecule has 1 aromatic heterocycles. The zero-order chi connectivity index (χ0) is 18.1. The molecule has 1 aliphatic rings. The summed E-state index contributed by atoms with van der Waals surface area (Å²) in [5, 5.41) is 0. The van der Waals surface area contributed by atoms with Crippen molar-refractivity contribution < 1.29 is 19.0 Å². The molecule has 0 bridgehead atoms. The van der Waals surface area contributed by atoms with Crippen LogP contribution in [0.4, 0.5) is 0 Å². The number of hydrogen-bond donors (Lipinski definition) is 0. The topological polar surface area (TPSA) is 62.1 Å². The lowest BCUT2D eigenvalue weighted by molar-refractivity contribution is 0.0995. The molecule has 0 saturated carbocycles. The first-order chi connectivity index (χ1) is 12.7. The molecule has 4 rings (SSSR count). The highest BCUT2D eigenvalue weighted by Crippen LogP contribution is 2.37. The van der Waals surface area contributed by atoms with E-state index in [2.05, 4.69) is 10.9 Å². The van der Waals surface area contributed by atoms with Crippen molar-refractivity contribution in [1.82, 2.24) is 4.57 Å². The number of methoxy groups -OCH3 is 1. The lowest BCUT2D eigenvalue weighted by atomic mass is 10.2. The zero-order valence-electron chi connectivity index (χ0n) is 13.9. The Bertz CT molecular complexity index is 1120. The molecular weight excluding hydrogens is 352 g/mol. The first-order valence-corrected chi connectivity index (χ1v) is 8.61. The van der Waals surface area contributed by atoms with E-state index in [1.807, 2.05) is 16.7 Å². The van der Waals surface area contributed by atoms with Gasteiger partial charge in [0.15, 0.2) is 16.3 Å². The van der Waals surface area contributed by atoms with Gasteiger partial charge in [0.25, 0.3) is 5.91 Å². The second kappa shape index (κ2) is 6.58. The van der Waals surface area contributed by atoms with Gasteiger partial charge < -0.3 is 18.8 Å². The molecule has 0 aliphatic carbocycles. The molecule has 2 heterocycles. The van der Waals surface area contributed by atoms with Gasteiger partial charge in [-0.15, -0.1) is 6.42 Å². The van der Waals surface area contributed by atoms with Crippen LogP contribution in [-0.4, -0.2) is 24.4 Å². The number of ether oxygens (including phenoxy) is 3. The van der Waals surface area contributed by atoms with Crippen LogP contribution in [0.5, 0.6) is 17.2 Å². The smallest absolute Gasteiger partial charge is 0.283 e. The van der Waals surface area contributed by atoms with Gasteiger partial charge >= 0.3 is 0 Å². The van der Waals surface area contributed by atoms with E-state index < -0.39 is 0 Å². The summed E-state index contributed by atoms with van der Waals surface area (Å²) in [7, 11) is 1.52. The van der Waals surface area contributed by atoms with Gasteiger partial charge in [-0.2, -0.15) is 4.99 Å². The lowest BCUT2D eigenvalue weighted by Crippen LogP contribution is -2.16. The third-order valence-electron chi connectivity index (χ3n) is 3.96. The minimum Gasteiger partial charge on any atom is -0.496 e. The predicted octanol–water partition coefficient (Wildman–Crippen LogP) is 2.81. The van der Waals surface area contributed by atoms with Crippen molar-refractivity contribution in [2.24, 2.45) is 4.99 Å². The minimum absolute atomic E-state index is 0.200. The van der Waals surface area contributed by atoms with Crippen LogP contribution in [0.25, 0.3) is 10.2 Å². The van der Waals surface area contributed by atoms with Gasteiger partial charge in [0.1, 0.15) is 5.75 Å². The van der Waals surface area contributed by atoms with Crippen LogP contribution in [0.2, 0.25) is 0 Å². The van der Waals surface area contributed by atoms with Crippen molar-refractivity contribution in [2.45, 2.75) is 6.54 Å². The zero-order valence-corrected chi connectivity index (χ0v) is 14.7. The average Bonchev–Trinajstić information content (AvgIpc) is 3.24. The molecule has 0 atom stereocenters. The fraction of sp³-hybridized carbons (Fsp3) is 0.158. The van der Waals surface area contributed by atoms with Gasteiger partial charge in [-0.3, -0.25) is 4.79 Å². The number of rotatable bonds is 3. The van der Waals surface area contributed by atoms with Crippen LogP contribution in [0.1, 0.15) is 10.4 Å². The van der Waals surface area contributed by atoms with E-state index >= 15 is 0 Å². The molecule has 7 heteroatoms. The molecule has 26 heavy (non-hydrogen) atoms. The Kier molecular flexibility index (Phi) is 4.11. The largest absolute Gasteiger partial charge is 0.496 e. The van der Waals surface area contributed by atoms with Crippen molar-refractivity contribution in [3.8, 4) is 29.6 Å². The van der Waals surface area contributed by atoms with Crippen LogP contribution in [0.3, 0.4) is 0 Å². The molecule has 0 radical (unpaired) electrons. The molecule has 130 valence electrons. The second-order valence-electron chi connectivity index (χ2n) is 5.47. The van der Waals surface area contributed by atoms with E-state index in [9.17, 15) is 4.79 Å². The van der Waals surface area contributed by atoms with Crippen LogP contribution in [0, 0.1) is 12.3 Å². The molecule has 0 saturated heterocycles. The van der Waals surface area contributed by atoms with Crippen molar-refractivity contribution in [3.05, 3.63) is 46.8 Å². The summed E-state index contributed by atoms with van der Waals surface area (Å²) in [6.07, 6.45) is 5.51. The van der Waals surface area contributed by atoms with Crippen molar-refractivity contribution in [1.29, 1.82) is 0 Å². The van der Waals surface area contributed by atoms with Crippen LogP contribution in [0.15, 0.2) is 41.4 Å². The Morgan fingerprint density at radius 3 is 2.88 bits per heavy atom. The number of carbonyl (C=O) groups excluding carboxylic acids is 1. The summed E-state index contributed by atoms with van der Waals surface area (Å²) < 4.78 is 18.8. The van der Waals surface area contributed by atoms with Crippen molar-refractivity contribution >= 4 is 27.5 Å². The summed E-state index contributed by atoms with van der Waals surface area (Å²) in [6, 6.07) is 10.7. The number of hydrogen-bond acceptors (Lipinski definition) is 5. The molecule has 0 spiro atoms. The number of terminal acetylenes is 1. The normalized spacial score (nSPS) is 13.0. The van der Waals surface area contributed by atoms with E-state index in [-0.39, 0.29) is 19.2 Å². The van der Waals surface area contributed by atoms with Crippen LogP contribution in [-0.2, 0) is 6.54 Å². The summed E-state index contributed by atoms with van der Waals surface area (Å²) in [5.74, 6) is 4.03. The van der Waals surface area contributed by atoms with E-state index in [1.54, 1.807) is 24.3 Å². The molecular formula is C19H14N2O4S. The minimum atomic E-state index is -0.389. The first kappa shape index (κ1) is 16.2. The summed E-state index contributed by atoms with van der Waals surface area (Å²) in [5.41, 5.74) is 1.25. The van der Waals surface area contributed by atoms with Crippen LogP contribution >= 0.6 is 11.3 Å². The molecule has 0 N–H and O–H groups in total. The summed E-state index contributed by atoms with van der Waals surface area (Å²) in [6.45, 7) is 0.489. The third kappa shape index (κ3) is 2.70. The number of aromatic nitrogens is 1. The highest BCUT2D eigenvalue weighted by Gasteiger charge is 2.18. The molecule has 0 unspecified atom stereocenters. The van der Waals surface area contributed by atoms with Gasteiger partial charge in [0.05, 0.1) is 29.4 Å². The number of nitrogens with zero attached hydrogens (tertiary/aromatic N) is 2. The number of para-hydroxylation sites is 1.